The molecule has 50 heavy (non-hydrogen) atoms. The van der Waals surface area contributed by atoms with Gasteiger partial charge < -0.3 is 29.7 Å². The number of likely N-dealkylation sites (N-methyl/N-ethyl adjacent to an activating group) is 1. The molecular formula is C36H46BrF3N6O4. The molecule has 0 unspecified atom stereocenters. The highest BCUT2D eigenvalue weighted by molar-refractivity contribution is 9.10. The number of urea groups is 1. The highest BCUT2D eigenvalue weighted by Gasteiger charge is 2.37. The van der Waals surface area contributed by atoms with Crippen LogP contribution in [0.3, 0.4) is 0 Å². The number of likely N-dealkylation sites (tertiary alicyclic amines) is 2. The van der Waals surface area contributed by atoms with Gasteiger partial charge in [-0.05, 0) is 88.0 Å². The second-order valence-electron chi connectivity index (χ2n) is 13.9. The highest BCUT2D eigenvalue weighted by atomic mass is 79.9. The van der Waals surface area contributed by atoms with Crippen molar-refractivity contribution < 1.29 is 32.3 Å². The van der Waals surface area contributed by atoms with Crippen LogP contribution in [0.4, 0.5) is 28.4 Å². The fourth-order valence-electron chi connectivity index (χ4n) is 7.69. The van der Waals surface area contributed by atoms with Crippen molar-refractivity contribution in [1.29, 1.82) is 0 Å². The Kier molecular flexibility index (Phi) is 11.6. The van der Waals surface area contributed by atoms with E-state index >= 15 is 0 Å². The Labute approximate surface area is 300 Å². The number of carbonyl (C=O) groups excluding carboxylic acids is 3. The summed E-state index contributed by atoms with van der Waals surface area (Å²) < 4.78 is 46.2. The summed E-state index contributed by atoms with van der Waals surface area (Å²) in [7, 11) is 2.14. The molecular weight excluding hydrogens is 717 g/mol. The van der Waals surface area contributed by atoms with Gasteiger partial charge in [-0.2, -0.15) is 13.2 Å². The predicted molar refractivity (Wildman–Crippen MR) is 187 cm³/mol. The molecule has 2 aromatic rings. The molecule has 272 valence electrons. The van der Waals surface area contributed by atoms with Crippen LogP contribution in [0.25, 0.3) is 0 Å². The number of alkyl halides is 3. The van der Waals surface area contributed by atoms with E-state index in [9.17, 15) is 27.6 Å². The molecule has 2 aromatic carbocycles. The number of para-hydroxylation sites is 1. The average Bonchev–Trinajstić information content (AvgIpc) is 3.42. The molecule has 0 radical (unpaired) electrons. The van der Waals surface area contributed by atoms with Crippen LogP contribution < -0.4 is 5.32 Å². The molecule has 4 amide bonds. The number of fused-ring (bicyclic) bond motifs is 1. The fourth-order valence-corrected chi connectivity index (χ4v) is 8.34. The summed E-state index contributed by atoms with van der Waals surface area (Å²) in [5.41, 5.74) is 1.54. The van der Waals surface area contributed by atoms with Crippen molar-refractivity contribution in [2.75, 3.05) is 71.3 Å². The van der Waals surface area contributed by atoms with Gasteiger partial charge in [-0.25, -0.2) is 9.59 Å². The number of piperidine rings is 2. The van der Waals surface area contributed by atoms with Crippen molar-refractivity contribution in [2.45, 2.75) is 69.3 Å². The van der Waals surface area contributed by atoms with Gasteiger partial charge in [-0.15, -0.1) is 0 Å². The summed E-state index contributed by atoms with van der Waals surface area (Å²) in [6.45, 7) is 6.41. The summed E-state index contributed by atoms with van der Waals surface area (Å²) in [5, 5.41) is 3.01. The first-order chi connectivity index (χ1) is 24.0. The van der Waals surface area contributed by atoms with E-state index in [1.54, 1.807) is 9.80 Å². The van der Waals surface area contributed by atoms with Gasteiger partial charge >= 0.3 is 18.3 Å². The number of benzene rings is 2. The van der Waals surface area contributed by atoms with Gasteiger partial charge in [0.25, 0.3) is 5.91 Å². The minimum atomic E-state index is -4.53. The maximum atomic E-state index is 14.0. The molecule has 4 aliphatic heterocycles. The van der Waals surface area contributed by atoms with Crippen molar-refractivity contribution in [3.63, 3.8) is 0 Å². The molecule has 1 atom stereocenters. The van der Waals surface area contributed by atoms with E-state index in [4.69, 9.17) is 4.74 Å². The molecule has 3 saturated heterocycles. The number of ether oxygens (including phenoxy) is 1. The maximum Gasteiger partial charge on any atom is 0.417 e. The number of amides is 4. The molecule has 1 N–H and O–H groups in total. The summed E-state index contributed by atoms with van der Waals surface area (Å²) in [4.78, 5) is 50.6. The smallest absolute Gasteiger partial charge is 0.417 e. The lowest BCUT2D eigenvalue weighted by molar-refractivity contribution is -0.142. The number of nitrogens with one attached hydrogen (secondary N) is 1. The van der Waals surface area contributed by atoms with Gasteiger partial charge in [0.15, 0.2) is 6.10 Å². The predicted octanol–water partition coefficient (Wildman–Crippen LogP) is 5.70. The zero-order chi connectivity index (χ0) is 35.4. The number of carbonyl (C=O) groups is 3. The number of nitrogens with zero attached hydrogens (tertiary/aromatic N) is 5. The SMILES string of the molecule is CN1CCCN(C2CCN(C(=O)[C@@H](Cc3ccc(C(F)(F)F)c(Br)c3)OC(=O)N3CCC(N4CCc5ccccc5NC4=O)CC3)CC2)CC1. The monoisotopic (exact) mass is 762 g/mol. The van der Waals surface area contributed by atoms with E-state index in [2.05, 4.69) is 38.1 Å². The molecule has 3 fully saturated rings. The Morgan fingerprint density at radius 1 is 0.900 bits per heavy atom. The van der Waals surface area contributed by atoms with Crippen molar-refractivity contribution in [2.24, 2.45) is 0 Å². The van der Waals surface area contributed by atoms with Crippen LogP contribution in [-0.4, -0.2) is 127 Å². The number of hydrogen-bond donors (Lipinski definition) is 1. The van der Waals surface area contributed by atoms with Gasteiger partial charge in [0.1, 0.15) is 0 Å². The number of hydrogen-bond acceptors (Lipinski definition) is 6. The lowest BCUT2D eigenvalue weighted by Gasteiger charge is -2.40. The van der Waals surface area contributed by atoms with E-state index in [1.165, 1.54) is 12.1 Å². The molecule has 6 rings (SSSR count). The van der Waals surface area contributed by atoms with Crippen LogP contribution in [0.1, 0.15) is 48.8 Å². The lowest BCUT2D eigenvalue weighted by Crippen LogP contribution is -2.52. The molecule has 0 aromatic heterocycles. The zero-order valence-electron chi connectivity index (χ0n) is 28.5. The summed E-state index contributed by atoms with van der Waals surface area (Å²) >= 11 is 3.04. The largest absolute Gasteiger partial charge is 0.436 e. The number of rotatable bonds is 6. The molecule has 4 heterocycles. The topological polar surface area (TPSA) is 88.7 Å². The van der Waals surface area contributed by atoms with E-state index in [-0.39, 0.29) is 28.9 Å². The minimum absolute atomic E-state index is 0.0509. The molecule has 10 nitrogen and oxygen atoms in total. The normalized spacial score (nSPS) is 21.2. The second kappa shape index (κ2) is 15.9. The van der Waals surface area contributed by atoms with Gasteiger partial charge in [-0.1, -0.05) is 40.2 Å². The maximum absolute atomic E-state index is 14.0. The van der Waals surface area contributed by atoms with Crippen molar-refractivity contribution in [3.05, 3.63) is 63.6 Å². The summed E-state index contributed by atoms with van der Waals surface area (Å²) in [6, 6.07) is 11.6. The Morgan fingerprint density at radius 2 is 1.60 bits per heavy atom. The first-order valence-corrected chi connectivity index (χ1v) is 18.4. The Hall–Kier alpha value is -3.36. The first kappa shape index (κ1) is 36.4. The standard InChI is InChI=1S/C36H46BrF3N6O4/c1-42-14-4-15-43(22-21-42)27-10-16-44(17-11-27)33(47)32(24-25-7-8-29(30(37)23-25)36(38,39)40)50-35(49)45-18-12-28(13-19-45)46-20-9-26-5-2-3-6-31(26)41-34(46)48/h2-3,5-8,23,27-28,32H,4,9-22,24H2,1H3,(H,41,48)/t32-/m1/s1. The molecule has 0 spiro atoms. The molecule has 0 aliphatic carbocycles. The molecule has 0 saturated carbocycles. The third-order valence-electron chi connectivity index (χ3n) is 10.6. The fraction of sp³-hybridized carbons (Fsp3) is 0.583. The van der Waals surface area contributed by atoms with Gasteiger partial charge in [0, 0.05) is 74.5 Å². The molecule has 14 heteroatoms. The van der Waals surface area contributed by atoms with Crippen LogP contribution in [0, 0.1) is 0 Å². The highest BCUT2D eigenvalue weighted by Crippen LogP contribution is 2.35. The van der Waals surface area contributed by atoms with Crippen molar-refractivity contribution in [3.8, 4) is 0 Å². The Bertz CT molecular complexity index is 1530. The third-order valence-corrected chi connectivity index (χ3v) is 11.3. The van der Waals surface area contributed by atoms with E-state index in [0.29, 0.717) is 57.2 Å². The van der Waals surface area contributed by atoms with E-state index < -0.39 is 23.9 Å². The van der Waals surface area contributed by atoms with Gasteiger partial charge in [0.2, 0.25) is 0 Å². The average molecular weight is 764 g/mol. The second-order valence-corrected chi connectivity index (χ2v) is 14.7. The van der Waals surface area contributed by atoms with Gasteiger partial charge in [0.05, 0.1) is 5.56 Å². The number of halogens is 4. The minimum Gasteiger partial charge on any atom is -0.436 e. The van der Waals surface area contributed by atoms with Crippen LogP contribution in [-0.2, 0) is 28.5 Å². The van der Waals surface area contributed by atoms with Crippen molar-refractivity contribution in [1.82, 2.24) is 24.5 Å². The van der Waals surface area contributed by atoms with Crippen LogP contribution in [0.15, 0.2) is 46.9 Å². The van der Waals surface area contributed by atoms with E-state index in [1.807, 2.05) is 29.2 Å². The van der Waals surface area contributed by atoms with Crippen LogP contribution in [0.5, 0.6) is 0 Å². The lowest BCUT2D eigenvalue weighted by atomic mass is 10.0. The number of anilines is 1. The van der Waals surface area contributed by atoms with E-state index in [0.717, 1.165) is 69.2 Å². The quantitative estimate of drug-likeness (QED) is 0.407. The van der Waals surface area contributed by atoms with Crippen molar-refractivity contribution >= 4 is 39.6 Å². The first-order valence-electron chi connectivity index (χ1n) is 17.6. The van der Waals surface area contributed by atoms with Crippen LogP contribution >= 0.6 is 15.9 Å². The Morgan fingerprint density at radius 3 is 2.32 bits per heavy atom. The van der Waals surface area contributed by atoms with Gasteiger partial charge in [-0.3, -0.25) is 9.69 Å². The Balaban J connectivity index is 1.09. The third kappa shape index (κ3) is 8.74. The summed E-state index contributed by atoms with van der Waals surface area (Å²) in [6.07, 6.45) is -1.84. The summed E-state index contributed by atoms with van der Waals surface area (Å²) in [5.74, 6) is -0.334. The zero-order valence-corrected chi connectivity index (χ0v) is 30.1. The molecule has 4 aliphatic rings. The van der Waals surface area contributed by atoms with Crippen LogP contribution in [0.2, 0.25) is 0 Å². The molecule has 0 bridgehead atoms.